The molecule has 2 aromatic rings. The molecule has 172 valence electrons. The summed E-state index contributed by atoms with van der Waals surface area (Å²) in [5.74, 6) is -2.21. The smallest absolute Gasteiger partial charge is 0.475 e. The largest absolute Gasteiger partial charge is 0.490 e. The summed E-state index contributed by atoms with van der Waals surface area (Å²) in [5.41, 5.74) is 1.50. The van der Waals surface area contributed by atoms with E-state index in [1.807, 2.05) is 42.2 Å². The fraction of sp³-hybridized carbons (Fsp3) is 0.429. The van der Waals surface area contributed by atoms with Crippen LogP contribution in [0.3, 0.4) is 0 Å². The first kappa shape index (κ1) is 23.5. The number of amides is 1. The zero-order valence-electron chi connectivity index (χ0n) is 17.2. The van der Waals surface area contributed by atoms with Gasteiger partial charge in [0.05, 0.1) is 18.2 Å². The third kappa shape index (κ3) is 5.72. The van der Waals surface area contributed by atoms with E-state index in [9.17, 15) is 18.0 Å². The van der Waals surface area contributed by atoms with Crippen molar-refractivity contribution in [1.29, 1.82) is 0 Å². The molecule has 0 aliphatic carbocycles. The number of hydrogen-bond acceptors (Lipinski definition) is 6. The standard InChI is InChI=1S/C19H21N3O3.C2HF3O2/c1-13-7-8-14(11-21-13)19(23)22-12-16(18-15(22)5-4-10-24-18)25-17-6-2-3-9-20-17;3-2(4,5)1(6)7/h2-3,6-9,11,15-16,18H,4-5,10,12H2,1H3;(H,6,7)/t15-,16-,18+;/m1./s1. The van der Waals surface area contributed by atoms with Crippen molar-refractivity contribution in [1.82, 2.24) is 14.9 Å². The highest BCUT2D eigenvalue weighted by molar-refractivity contribution is 5.94. The quantitative estimate of drug-likeness (QED) is 0.763. The van der Waals surface area contributed by atoms with E-state index in [1.165, 1.54) is 0 Å². The molecule has 0 bridgehead atoms. The van der Waals surface area contributed by atoms with Gasteiger partial charge in [0.15, 0.2) is 0 Å². The van der Waals surface area contributed by atoms with Crippen molar-refractivity contribution >= 4 is 11.9 Å². The molecule has 2 saturated heterocycles. The molecule has 4 heterocycles. The summed E-state index contributed by atoms with van der Waals surface area (Å²) < 4.78 is 43.7. The second-order valence-electron chi connectivity index (χ2n) is 7.32. The molecule has 3 atom stereocenters. The van der Waals surface area contributed by atoms with Crippen molar-refractivity contribution in [2.45, 2.75) is 44.2 Å². The summed E-state index contributed by atoms with van der Waals surface area (Å²) in [6, 6.07) is 9.29. The van der Waals surface area contributed by atoms with Crippen molar-refractivity contribution in [2.24, 2.45) is 0 Å². The van der Waals surface area contributed by atoms with Gasteiger partial charge in [0.2, 0.25) is 5.88 Å². The number of likely N-dealkylation sites (tertiary alicyclic amines) is 1. The number of pyridine rings is 2. The first-order valence-electron chi connectivity index (χ1n) is 9.90. The molecule has 2 aliphatic heterocycles. The number of carboxylic acid groups (broad SMARTS) is 1. The Balaban J connectivity index is 0.000000360. The highest BCUT2D eigenvalue weighted by Crippen LogP contribution is 2.32. The second kappa shape index (κ2) is 9.94. The molecule has 1 amide bonds. The molecule has 4 rings (SSSR count). The van der Waals surface area contributed by atoms with Gasteiger partial charge >= 0.3 is 12.1 Å². The number of rotatable bonds is 3. The van der Waals surface area contributed by atoms with E-state index in [1.54, 1.807) is 12.4 Å². The van der Waals surface area contributed by atoms with Crippen LogP contribution < -0.4 is 4.74 Å². The van der Waals surface area contributed by atoms with Gasteiger partial charge in [-0.25, -0.2) is 9.78 Å². The topological polar surface area (TPSA) is 102 Å². The van der Waals surface area contributed by atoms with E-state index in [-0.39, 0.29) is 24.2 Å². The number of alkyl halides is 3. The second-order valence-corrected chi connectivity index (χ2v) is 7.32. The number of ether oxygens (including phenoxy) is 2. The number of aliphatic carboxylic acids is 1. The Labute approximate surface area is 182 Å². The molecular weight excluding hydrogens is 431 g/mol. The maximum atomic E-state index is 13.0. The van der Waals surface area contributed by atoms with Crippen LogP contribution in [0.4, 0.5) is 13.2 Å². The van der Waals surface area contributed by atoms with Crippen molar-refractivity contribution in [3.05, 3.63) is 54.0 Å². The monoisotopic (exact) mass is 453 g/mol. The summed E-state index contributed by atoms with van der Waals surface area (Å²) in [6.45, 7) is 3.11. The molecule has 11 heteroatoms. The highest BCUT2D eigenvalue weighted by Gasteiger charge is 2.47. The lowest BCUT2D eigenvalue weighted by molar-refractivity contribution is -0.192. The predicted molar refractivity (Wildman–Crippen MR) is 105 cm³/mol. The zero-order valence-corrected chi connectivity index (χ0v) is 17.2. The van der Waals surface area contributed by atoms with Crippen molar-refractivity contribution in [3.8, 4) is 5.88 Å². The van der Waals surface area contributed by atoms with Crippen LogP contribution in [0, 0.1) is 6.92 Å². The average Bonchev–Trinajstić information content (AvgIpc) is 3.13. The number of hydrogen-bond donors (Lipinski definition) is 1. The summed E-state index contributed by atoms with van der Waals surface area (Å²) in [6.07, 6.45) is -0.181. The van der Waals surface area contributed by atoms with Crippen LogP contribution in [0.1, 0.15) is 28.9 Å². The van der Waals surface area contributed by atoms with Crippen molar-refractivity contribution in [3.63, 3.8) is 0 Å². The Morgan fingerprint density at radius 1 is 1.22 bits per heavy atom. The third-order valence-electron chi connectivity index (χ3n) is 5.05. The van der Waals surface area contributed by atoms with E-state index >= 15 is 0 Å². The van der Waals surface area contributed by atoms with Crippen molar-refractivity contribution < 1.29 is 37.3 Å². The van der Waals surface area contributed by atoms with Crippen LogP contribution in [0.2, 0.25) is 0 Å². The molecule has 8 nitrogen and oxygen atoms in total. The Bertz CT molecular complexity index is 925. The number of nitrogens with zero attached hydrogens (tertiary/aromatic N) is 3. The number of carboxylic acids is 1. The predicted octanol–water partition coefficient (Wildman–Crippen LogP) is 2.87. The average molecular weight is 453 g/mol. The highest BCUT2D eigenvalue weighted by atomic mass is 19.4. The molecule has 2 aromatic heterocycles. The molecule has 2 fully saturated rings. The van der Waals surface area contributed by atoms with Crippen LogP contribution in [0.15, 0.2) is 42.7 Å². The van der Waals surface area contributed by atoms with E-state index in [0.717, 1.165) is 18.5 Å². The van der Waals surface area contributed by atoms with Gasteiger partial charge < -0.3 is 19.5 Å². The summed E-state index contributed by atoms with van der Waals surface area (Å²) in [5, 5.41) is 7.12. The number of carbonyl (C=O) groups excluding carboxylic acids is 1. The Kier molecular flexibility index (Phi) is 7.29. The summed E-state index contributed by atoms with van der Waals surface area (Å²) in [7, 11) is 0. The number of carbonyl (C=O) groups is 2. The molecule has 2 aliphatic rings. The Morgan fingerprint density at radius 3 is 2.56 bits per heavy atom. The van der Waals surface area contributed by atoms with Gasteiger partial charge in [-0.2, -0.15) is 13.2 Å². The van der Waals surface area contributed by atoms with Crippen LogP contribution in [0.5, 0.6) is 5.88 Å². The van der Waals surface area contributed by atoms with Gasteiger partial charge in [-0.15, -0.1) is 0 Å². The number of halogens is 3. The van der Waals surface area contributed by atoms with Crippen LogP contribution in [0.25, 0.3) is 0 Å². The zero-order chi connectivity index (χ0) is 23.3. The Hall–Kier alpha value is -3.21. The molecule has 0 spiro atoms. The maximum Gasteiger partial charge on any atom is 0.490 e. The van der Waals surface area contributed by atoms with Gasteiger partial charge in [0.25, 0.3) is 5.91 Å². The molecule has 0 unspecified atom stereocenters. The minimum atomic E-state index is -5.08. The fourth-order valence-electron chi connectivity index (χ4n) is 3.58. The molecule has 0 radical (unpaired) electrons. The third-order valence-corrected chi connectivity index (χ3v) is 5.05. The minimum absolute atomic E-state index is 0.0138. The van der Waals surface area contributed by atoms with Crippen LogP contribution >= 0.6 is 0 Å². The van der Waals surface area contributed by atoms with Gasteiger partial charge in [0, 0.05) is 30.8 Å². The van der Waals surface area contributed by atoms with E-state index in [2.05, 4.69) is 9.97 Å². The van der Waals surface area contributed by atoms with Crippen molar-refractivity contribution in [2.75, 3.05) is 13.2 Å². The molecular formula is C21H22F3N3O5. The van der Waals surface area contributed by atoms with Crippen LogP contribution in [-0.4, -0.2) is 69.4 Å². The SMILES string of the molecule is Cc1ccc(C(=O)N2C[C@@H](Oc3ccccn3)[C@H]3OCCC[C@H]32)cn1.O=C(O)C(F)(F)F. The van der Waals surface area contributed by atoms with Gasteiger partial charge in [-0.3, -0.25) is 9.78 Å². The fourth-order valence-corrected chi connectivity index (χ4v) is 3.58. The lowest BCUT2D eigenvalue weighted by Crippen LogP contribution is -2.44. The van der Waals surface area contributed by atoms with Gasteiger partial charge in [-0.05, 0) is 38.0 Å². The van der Waals surface area contributed by atoms with Gasteiger partial charge in [0.1, 0.15) is 12.2 Å². The van der Waals surface area contributed by atoms with E-state index < -0.39 is 12.1 Å². The lowest BCUT2D eigenvalue weighted by atomic mass is 10.0. The lowest BCUT2D eigenvalue weighted by Gasteiger charge is -2.32. The first-order chi connectivity index (χ1) is 15.2. The molecule has 0 aromatic carbocycles. The van der Waals surface area contributed by atoms with Crippen LogP contribution in [-0.2, 0) is 9.53 Å². The molecule has 32 heavy (non-hydrogen) atoms. The van der Waals surface area contributed by atoms with E-state index in [0.29, 0.717) is 24.6 Å². The summed E-state index contributed by atoms with van der Waals surface area (Å²) in [4.78, 5) is 32.2. The Morgan fingerprint density at radius 2 is 1.97 bits per heavy atom. The minimum Gasteiger partial charge on any atom is -0.475 e. The number of fused-ring (bicyclic) bond motifs is 1. The molecule has 1 N–H and O–H groups in total. The first-order valence-corrected chi connectivity index (χ1v) is 9.90. The molecule has 0 saturated carbocycles. The van der Waals surface area contributed by atoms with E-state index in [4.69, 9.17) is 19.4 Å². The maximum absolute atomic E-state index is 13.0. The number of aryl methyl sites for hydroxylation is 1. The normalized spacial score (nSPS) is 22.4. The summed E-state index contributed by atoms with van der Waals surface area (Å²) >= 11 is 0. The number of aromatic nitrogens is 2. The van der Waals surface area contributed by atoms with Gasteiger partial charge in [-0.1, -0.05) is 6.07 Å².